The molecule has 0 aliphatic carbocycles. The number of anilines is 2. The molecule has 0 bridgehead atoms. The first-order valence-corrected chi connectivity index (χ1v) is 40.5. The lowest BCUT2D eigenvalue weighted by Gasteiger charge is -2.30. The molecule has 20 N–H and O–H groups in total. The number of aromatic nitrogens is 8. The number of thioether (sulfide) groups is 2. The molecular weight excluding hydrogens is 1570 g/mol. The second kappa shape index (κ2) is 38.1. The van der Waals surface area contributed by atoms with Crippen molar-refractivity contribution in [3.63, 3.8) is 0 Å². The van der Waals surface area contributed by atoms with E-state index in [0.717, 1.165) is 70.1 Å². The molecule has 2 saturated heterocycles. The van der Waals surface area contributed by atoms with Crippen molar-refractivity contribution in [3.8, 4) is 0 Å². The van der Waals surface area contributed by atoms with Gasteiger partial charge in [-0.3, -0.25) is 65.0 Å². The summed E-state index contributed by atoms with van der Waals surface area (Å²) < 4.78 is 124. The van der Waals surface area contributed by atoms with Crippen molar-refractivity contribution in [1.29, 1.82) is 0 Å². The Morgan fingerprint density at radius 2 is 0.894 bits per heavy atom. The maximum atomic E-state index is 12.6. The van der Waals surface area contributed by atoms with Gasteiger partial charge < -0.3 is 102 Å². The molecule has 2 fully saturated rings. The number of aliphatic hydroxyl groups is 4. The van der Waals surface area contributed by atoms with Crippen molar-refractivity contribution < 1.29 is 161 Å². The van der Waals surface area contributed by atoms with Gasteiger partial charge in [0.15, 0.2) is 35.4 Å². The molecule has 14 atom stereocenters. The van der Waals surface area contributed by atoms with Crippen LogP contribution in [0.15, 0.2) is 50.6 Å². The van der Waals surface area contributed by atoms with E-state index >= 15 is 0 Å². The molecule has 48 nitrogen and oxygen atoms in total. The topological polar surface area (TPSA) is 727 Å². The zero-order valence-corrected chi connectivity index (χ0v) is 61.7. The Bertz CT molecular complexity index is 3770. The summed E-state index contributed by atoms with van der Waals surface area (Å²) in [5.41, 5.74) is 8.50. The van der Waals surface area contributed by atoms with E-state index in [1.807, 2.05) is 0 Å². The van der Waals surface area contributed by atoms with Gasteiger partial charge >= 0.3 is 46.9 Å². The van der Waals surface area contributed by atoms with Crippen LogP contribution in [0, 0.1) is 10.8 Å². The third-order valence-electron chi connectivity index (χ3n) is 13.8. The minimum Gasteiger partial charge on any atom is -0.386 e. The number of nitrogen functional groups attached to an aromatic ring is 2. The first kappa shape index (κ1) is 89.2. The summed E-state index contributed by atoms with van der Waals surface area (Å²) in [7, 11) is -32.7. The summed E-state index contributed by atoms with van der Waals surface area (Å²) in [6.07, 6.45) is -11.6. The van der Waals surface area contributed by atoms with Gasteiger partial charge in [-0.1, -0.05) is 64.4 Å². The van der Waals surface area contributed by atoms with E-state index < -0.39 is 169 Å². The highest BCUT2D eigenvalue weighted by molar-refractivity contribution is 8.14. The Morgan fingerprint density at radius 1 is 0.558 bits per heavy atom. The van der Waals surface area contributed by atoms with Gasteiger partial charge in [0.1, 0.15) is 72.5 Å². The summed E-state index contributed by atoms with van der Waals surface area (Å²) >= 11 is 1.90. The van der Waals surface area contributed by atoms with E-state index in [-0.39, 0.29) is 83.2 Å². The van der Waals surface area contributed by atoms with Crippen molar-refractivity contribution in [3.05, 3.63) is 50.6 Å². The SMILES string of the molecule is C=CC(=O)SCCNC(=O)CCNC(=O)[C@H](O)C(C)(C)COP(=O)(O)OP(=O)(O)OC[C@H]1O[C@@H](n2cnc3c(N)ncnc32)[C@H](O)[C@@H]1OP(=O)(O)O.C=CC(=O)SCCNC(=O)CCNC(=O)[C@H](O)C(C)(C)COP(=O)(O)OP(=O)(O)OC[C@H]1O[C@@H](n2cnc3c(N)ncnc32)[C@H](O)[C@@H]1OP(=O)(O)O. The number of hydrogen-bond acceptors (Lipinski definition) is 36. The molecule has 0 radical (unpaired) electrons. The molecule has 0 saturated carbocycles. The maximum absolute atomic E-state index is 12.6. The number of phosphoric acid groups is 6. The smallest absolute Gasteiger partial charge is 0.386 e. The lowest BCUT2D eigenvalue weighted by Crippen LogP contribution is -2.46. The summed E-state index contributed by atoms with van der Waals surface area (Å²) in [6, 6.07) is 0. The molecular formula is C48H76N14O34P6S2. The number of carbonyl (C=O) groups is 6. The maximum Gasteiger partial charge on any atom is 0.481 e. The van der Waals surface area contributed by atoms with Gasteiger partial charge in [0.2, 0.25) is 33.9 Å². The Labute approximate surface area is 596 Å². The fourth-order valence-corrected chi connectivity index (χ4v) is 15.4. The monoisotopic (exact) mass is 1640 g/mol. The number of carbonyl (C=O) groups excluding carboxylic acids is 6. The van der Waals surface area contributed by atoms with Crippen LogP contribution in [0.2, 0.25) is 0 Å². The van der Waals surface area contributed by atoms with Crippen molar-refractivity contribution in [2.24, 2.45) is 10.8 Å². The lowest BCUT2D eigenvalue weighted by atomic mass is 9.87. The van der Waals surface area contributed by atoms with E-state index in [2.05, 4.69) is 82.0 Å². The summed E-state index contributed by atoms with van der Waals surface area (Å²) in [5, 5.41) is 51.8. The van der Waals surface area contributed by atoms with E-state index in [9.17, 15) is 116 Å². The average molecular weight is 1640 g/mol. The van der Waals surface area contributed by atoms with Crippen molar-refractivity contribution >= 4 is 138 Å². The number of rotatable bonds is 40. The summed E-state index contributed by atoms with van der Waals surface area (Å²) in [5.74, 6) is -2.35. The molecule has 4 aromatic rings. The molecule has 56 heteroatoms. The van der Waals surface area contributed by atoms with E-state index in [1.54, 1.807) is 0 Å². The van der Waals surface area contributed by atoms with Crippen molar-refractivity contribution in [1.82, 2.24) is 60.3 Å². The summed E-state index contributed by atoms with van der Waals surface area (Å²) in [4.78, 5) is 173. The Hall–Kier alpha value is -5.40. The van der Waals surface area contributed by atoms with Crippen molar-refractivity contribution in [2.75, 3.05) is 75.6 Å². The third kappa shape index (κ3) is 27.7. The number of phosphoric ester groups is 6. The number of nitrogens with zero attached hydrogens (tertiary/aromatic N) is 8. The normalized spacial score (nSPS) is 22.3. The predicted molar refractivity (Wildman–Crippen MR) is 355 cm³/mol. The molecule has 0 spiro atoms. The number of aliphatic hydroxyl groups excluding tert-OH is 4. The van der Waals surface area contributed by atoms with Crippen LogP contribution in [-0.4, -0.2) is 245 Å². The predicted octanol–water partition coefficient (Wildman–Crippen LogP) is -2.30. The highest BCUT2D eigenvalue weighted by Crippen LogP contribution is 2.63. The second-order valence-electron chi connectivity index (χ2n) is 22.9. The van der Waals surface area contributed by atoms with Gasteiger partial charge in [-0.05, 0) is 12.2 Å². The van der Waals surface area contributed by atoms with Crippen LogP contribution >= 0.6 is 70.5 Å². The number of amides is 4. The molecule has 4 amide bonds. The van der Waals surface area contributed by atoms with Crippen LogP contribution in [0.25, 0.3) is 22.3 Å². The number of ether oxygens (including phenoxy) is 2. The second-order valence-corrected chi connectivity index (χ2v) is 33.6. The Balaban J connectivity index is 0.000000374. The zero-order chi connectivity index (χ0) is 78.1. The molecule has 4 aromatic heterocycles. The van der Waals surface area contributed by atoms with Crippen LogP contribution in [0.5, 0.6) is 0 Å². The van der Waals surface area contributed by atoms with E-state index in [4.69, 9.17) is 39.0 Å². The minimum absolute atomic E-state index is 0.0290. The highest BCUT2D eigenvalue weighted by Gasteiger charge is 2.52. The fourth-order valence-electron chi connectivity index (χ4n) is 8.68. The van der Waals surface area contributed by atoms with Gasteiger partial charge in [-0.25, -0.2) is 57.3 Å². The average Bonchev–Trinajstić information content (AvgIpc) is 1.62. The molecule has 6 heterocycles. The lowest BCUT2D eigenvalue weighted by molar-refractivity contribution is -0.137. The first-order chi connectivity index (χ1) is 48.1. The highest BCUT2D eigenvalue weighted by atomic mass is 32.2. The van der Waals surface area contributed by atoms with Crippen LogP contribution < -0.4 is 32.7 Å². The molecule has 4 unspecified atom stereocenters. The van der Waals surface area contributed by atoms with Gasteiger partial charge in [0.05, 0.1) is 39.1 Å². The van der Waals surface area contributed by atoms with Crippen LogP contribution in [0.3, 0.4) is 0 Å². The third-order valence-corrected chi connectivity index (χ3v) is 21.7. The largest absolute Gasteiger partial charge is 0.481 e. The van der Waals surface area contributed by atoms with Crippen LogP contribution in [0.4, 0.5) is 11.6 Å². The zero-order valence-electron chi connectivity index (χ0n) is 54.7. The Morgan fingerprint density at radius 3 is 1.22 bits per heavy atom. The quantitative estimate of drug-likeness (QED) is 0.0127. The van der Waals surface area contributed by atoms with Gasteiger partial charge in [0.25, 0.3) is 0 Å². The van der Waals surface area contributed by atoms with Gasteiger partial charge in [-0.15, -0.1) is 0 Å². The van der Waals surface area contributed by atoms with Gasteiger partial charge in [0, 0.05) is 61.4 Å². The fraction of sp³-hybridized carbons (Fsp3) is 0.583. The summed E-state index contributed by atoms with van der Waals surface area (Å²) in [6.45, 7) is 7.53. The van der Waals surface area contributed by atoms with Gasteiger partial charge in [-0.2, -0.15) is 8.62 Å². The number of nitrogens with two attached hydrogens (primary N) is 2. The minimum atomic E-state index is -5.56. The first-order valence-electron chi connectivity index (χ1n) is 29.5. The number of hydrogen-bond donors (Lipinski definition) is 18. The van der Waals surface area contributed by atoms with Crippen molar-refractivity contribution in [2.45, 2.75) is 102 Å². The number of fused-ring (bicyclic) bond motifs is 2. The molecule has 2 aliphatic heterocycles. The van der Waals surface area contributed by atoms with E-state index in [0.29, 0.717) is 11.5 Å². The van der Waals surface area contributed by atoms with Crippen LogP contribution in [-0.2, 0) is 101 Å². The van der Waals surface area contributed by atoms with Crippen LogP contribution in [0.1, 0.15) is 53.0 Å². The molecule has 584 valence electrons. The molecule has 6 rings (SSSR count). The molecule has 0 aromatic carbocycles. The molecule has 104 heavy (non-hydrogen) atoms. The molecule has 2 aliphatic rings. The standard InChI is InChI=1S/2C24H38N7O17P3S/c2*1-4-15(33)52-8-7-26-14(32)5-6-27-22(36)19(35)24(2,3)10-45-51(42,43)48-50(40,41)44-9-13-18(47-49(37,38)39)17(34)23(46-13)31-12-30-16-20(25)28-11-29-21(16)31/h2*4,11-13,17-19,23,34-35H,1,5-10H2,2-3H3,(H,26,32)(H,27,36)(H,40,41)(H,42,43)(H2,25,28,29)(H2,37,38,39)/t2*13-,17-,18-,19+,23-/m11/s1. The Kier molecular flexibility index (Phi) is 32.7. The number of nitrogens with one attached hydrogen (secondary N) is 4. The van der Waals surface area contributed by atoms with E-state index in [1.165, 1.54) is 27.7 Å². The number of imidazole rings is 2.